The highest BCUT2D eigenvalue weighted by Gasteiger charge is 2.12. The molecule has 0 unspecified atom stereocenters. The zero-order chi connectivity index (χ0) is 13.3. The van der Waals surface area contributed by atoms with E-state index in [1.165, 1.54) is 17.8 Å². The Morgan fingerprint density at radius 3 is 2.72 bits per heavy atom. The molecule has 0 amide bonds. The first-order valence-electron chi connectivity index (χ1n) is 5.47. The molecule has 2 heterocycles. The van der Waals surface area contributed by atoms with Gasteiger partial charge < -0.3 is 10.4 Å². The Balaban J connectivity index is 2.84. The van der Waals surface area contributed by atoms with Crippen LogP contribution in [0.2, 0.25) is 0 Å². The van der Waals surface area contributed by atoms with Crippen LogP contribution in [0.5, 0.6) is 0 Å². The van der Waals surface area contributed by atoms with E-state index in [4.69, 9.17) is 5.11 Å². The monoisotopic (exact) mass is 250 g/mol. The number of hydrogen-bond acceptors (Lipinski definition) is 5. The van der Waals surface area contributed by atoms with E-state index < -0.39 is 5.56 Å². The Bertz CT molecular complexity index is 702. The van der Waals surface area contributed by atoms with Gasteiger partial charge in [0.2, 0.25) is 0 Å². The van der Waals surface area contributed by atoms with Gasteiger partial charge in [-0.3, -0.25) is 13.9 Å². The number of nitrogens with zero attached hydrogens (tertiary/aromatic N) is 3. The van der Waals surface area contributed by atoms with Crippen molar-refractivity contribution in [3.8, 4) is 0 Å². The predicted molar refractivity (Wildman–Crippen MR) is 67.8 cm³/mol. The summed E-state index contributed by atoms with van der Waals surface area (Å²) >= 11 is 0. The van der Waals surface area contributed by atoms with Crippen LogP contribution in [0.4, 0.5) is 5.82 Å². The highest BCUT2D eigenvalue weighted by molar-refractivity contribution is 5.88. The smallest absolute Gasteiger partial charge is 0.330 e. The van der Waals surface area contributed by atoms with E-state index in [0.717, 1.165) is 4.57 Å². The van der Waals surface area contributed by atoms with Gasteiger partial charge in [-0.1, -0.05) is 0 Å². The number of fused-ring (bicyclic) bond motifs is 1. The fraction of sp³-hybridized carbons (Fsp3) is 0.364. The Kier molecular flexibility index (Phi) is 3.15. The molecule has 0 aliphatic heterocycles. The number of aromatic nitrogens is 3. The molecule has 0 spiro atoms. The third-order valence-electron chi connectivity index (χ3n) is 2.79. The number of aliphatic hydroxyl groups is 1. The van der Waals surface area contributed by atoms with Crippen molar-refractivity contribution in [2.45, 2.75) is 0 Å². The van der Waals surface area contributed by atoms with Crippen LogP contribution in [-0.2, 0) is 14.1 Å². The molecule has 96 valence electrons. The largest absolute Gasteiger partial charge is 0.395 e. The van der Waals surface area contributed by atoms with E-state index in [2.05, 4.69) is 10.3 Å². The summed E-state index contributed by atoms with van der Waals surface area (Å²) in [6, 6.07) is 1.61. The summed E-state index contributed by atoms with van der Waals surface area (Å²) in [5.41, 5.74) is -0.271. The Labute approximate surface area is 102 Å². The molecule has 2 aromatic heterocycles. The van der Waals surface area contributed by atoms with E-state index in [1.807, 2.05) is 0 Å². The van der Waals surface area contributed by atoms with Gasteiger partial charge in [0.05, 0.1) is 12.1 Å². The second-order valence-corrected chi connectivity index (χ2v) is 3.91. The summed E-state index contributed by atoms with van der Waals surface area (Å²) in [4.78, 5) is 27.9. The second-order valence-electron chi connectivity index (χ2n) is 3.91. The number of anilines is 1. The number of aliphatic hydroxyl groups excluding tert-OH is 1. The van der Waals surface area contributed by atoms with Crippen molar-refractivity contribution < 1.29 is 5.11 Å². The van der Waals surface area contributed by atoms with E-state index >= 15 is 0 Å². The van der Waals surface area contributed by atoms with Crippen molar-refractivity contribution in [2.75, 3.05) is 18.5 Å². The summed E-state index contributed by atoms with van der Waals surface area (Å²) in [6.07, 6.45) is 1.51. The van der Waals surface area contributed by atoms with Gasteiger partial charge in [0.25, 0.3) is 5.56 Å². The average Bonchev–Trinajstić information content (AvgIpc) is 2.40. The molecule has 0 saturated carbocycles. The molecule has 0 aliphatic carbocycles. The van der Waals surface area contributed by atoms with E-state index in [-0.39, 0.29) is 18.8 Å². The van der Waals surface area contributed by atoms with Gasteiger partial charge in [0.1, 0.15) is 11.2 Å². The molecule has 7 nitrogen and oxygen atoms in total. The van der Waals surface area contributed by atoms with Crippen molar-refractivity contribution in [2.24, 2.45) is 14.1 Å². The van der Waals surface area contributed by atoms with Crippen LogP contribution >= 0.6 is 0 Å². The van der Waals surface area contributed by atoms with Crippen molar-refractivity contribution in [3.63, 3.8) is 0 Å². The maximum Gasteiger partial charge on any atom is 0.330 e. The molecule has 0 aliphatic rings. The van der Waals surface area contributed by atoms with Crippen LogP contribution in [0.1, 0.15) is 0 Å². The fourth-order valence-corrected chi connectivity index (χ4v) is 1.83. The van der Waals surface area contributed by atoms with E-state index in [1.54, 1.807) is 13.1 Å². The molecule has 0 aromatic carbocycles. The minimum Gasteiger partial charge on any atom is -0.395 e. The normalized spacial score (nSPS) is 10.8. The van der Waals surface area contributed by atoms with Gasteiger partial charge in [-0.2, -0.15) is 0 Å². The van der Waals surface area contributed by atoms with Crippen LogP contribution < -0.4 is 16.6 Å². The van der Waals surface area contributed by atoms with Gasteiger partial charge in [-0.25, -0.2) is 9.78 Å². The van der Waals surface area contributed by atoms with Gasteiger partial charge in [0.15, 0.2) is 0 Å². The summed E-state index contributed by atoms with van der Waals surface area (Å²) in [7, 11) is 3.02. The average molecular weight is 250 g/mol. The van der Waals surface area contributed by atoms with Crippen LogP contribution in [0.25, 0.3) is 10.9 Å². The number of nitrogens with one attached hydrogen (secondary N) is 1. The lowest BCUT2D eigenvalue weighted by atomic mass is 10.2. The summed E-state index contributed by atoms with van der Waals surface area (Å²) in [6.45, 7) is 0.224. The lowest BCUT2D eigenvalue weighted by molar-refractivity contribution is 0.311. The molecular formula is C11H14N4O3. The molecule has 2 rings (SSSR count). The first-order valence-corrected chi connectivity index (χ1v) is 5.47. The van der Waals surface area contributed by atoms with Crippen LogP contribution in [0.15, 0.2) is 21.9 Å². The van der Waals surface area contributed by atoms with Crippen molar-refractivity contribution in [1.29, 1.82) is 0 Å². The first-order chi connectivity index (χ1) is 8.57. The van der Waals surface area contributed by atoms with E-state index in [0.29, 0.717) is 16.7 Å². The molecule has 0 bridgehead atoms. The van der Waals surface area contributed by atoms with Gasteiger partial charge in [-0.15, -0.1) is 0 Å². The molecule has 0 saturated heterocycles. The van der Waals surface area contributed by atoms with Crippen LogP contribution in [0, 0.1) is 0 Å². The van der Waals surface area contributed by atoms with Crippen molar-refractivity contribution in [1.82, 2.24) is 14.1 Å². The highest BCUT2D eigenvalue weighted by Crippen LogP contribution is 2.14. The molecule has 0 fully saturated rings. The summed E-state index contributed by atoms with van der Waals surface area (Å²) in [5, 5.41) is 12.0. The molecular weight excluding hydrogens is 236 g/mol. The second kappa shape index (κ2) is 4.61. The minimum atomic E-state index is -0.401. The predicted octanol–water partition coefficient (Wildman–Crippen LogP) is -0.964. The lowest BCUT2D eigenvalue weighted by Gasteiger charge is -2.10. The van der Waals surface area contributed by atoms with Crippen LogP contribution in [0.3, 0.4) is 0 Å². The molecule has 0 radical (unpaired) electrons. The molecule has 2 aromatic rings. The standard InChI is InChI=1S/C11H14N4O3/c1-14-7-3-4-12-9(13-5-6-16)8(7)10(17)15(2)11(14)18/h3-4,16H,5-6H2,1-2H3,(H,12,13). The van der Waals surface area contributed by atoms with Gasteiger partial charge in [-0.05, 0) is 6.07 Å². The Morgan fingerprint density at radius 2 is 2.06 bits per heavy atom. The first kappa shape index (κ1) is 12.3. The van der Waals surface area contributed by atoms with E-state index in [9.17, 15) is 9.59 Å². The van der Waals surface area contributed by atoms with Gasteiger partial charge in [0, 0.05) is 26.8 Å². The molecule has 18 heavy (non-hydrogen) atoms. The van der Waals surface area contributed by atoms with Crippen molar-refractivity contribution >= 4 is 16.7 Å². The molecule has 0 atom stereocenters. The summed E-state index contributed by atoms with van der Waals surface area (Å²) < 4.78 is 2.43. The number of rotatable bonds is 3. The number of aryl methyl sites for hydroxylation is 1. The topological polar surface area (TPSA) is 89.2 Å². The minimum absolute atomic E-state index is 0.0653. The lowest BCUT2D eigenvalue weighted by Crippen LogP contribution is -2.37. The molecule has 7 heteroatoms. The highest BCUT2D eigenvalue weighted by atomic mass is 16.3. The maximum atomic E-state index is 12.1. The third kappa shape index (κ3) is 1.78. The Morgan fingerprint density at radius 1 is 1.33 bits per heavy atom. The van der Waals surface area contributed by atoms with Crippen LogP contribution in [-0.4, -0.2) is 32.4 Å². The summed E-state index contributed by atoms with van der Waals surface area (Å²) in [5.74, 6) is 0.373. The molecule has 2 N–H and O–H groups in total. The fourth-order valence-electron chi connectivity index (χ4n) is 1.83. The quantitative estimate of drug-likeness (QED) is 0.732. The third-order valence-corrected chi connectivity index (χ3v) is 2.79. The number of hydrogen-bond donors (Lipinski definition) is 2. The van der Waals surface area contributed by atoms with Gasteiger partial charge >= 0.3 is 5.69 Å². The zero-order valence-corrected chi connectivity index (χ0v) is 10.2. The number of pyridine rings is 1. The Hall–Kier alpha value is -2.15. The SMILES string of the molecule is Cn1c(=O)c2c(NCCO)nccc2n(C)c1=O. The zero-order valence-electron chi connectivity index (χ0n) is 10.2. The van der Waals surface area contributed by atoms with Crippen molar-refractivity contribution in [3.05, 3.63) is 33.1 Å². The maximum absolute atomic E-state index is 12.1.